The van der Waals surface area contributed by atoms with Crippen LogP contribution in [0, 0.1) is 13.8 Å². The highest BCUT2D eigenvalue weighted by Gasteiger charge is 2.28. The van der Waals surface area contributed by atoms with E-state index in [0.717, 1.165) is 24.2 Å². The van der Waals surface area contributed by atoms with Gasteiger partial charge < -0.3 is 4.90 Å². The molecule has 0 bridgehead atoms. The van der Waals surface area contributed by atoms with Gasteiger partial charge >= 0.3 is 0 Å². The molecule has 1 aliphatic carbocycles. The smallest absolute Gasteiger partial charge is 0.293 e. The molecular formula is C16H20N4O. The Balaban J connectivity index is 1.71. The van der Waals surface area contributed by atoms with Crippen LogP contribution in [0.2, 0.25) is 0 Å². The molecule has 1 aliphatic rings. The Morgan fingerprint density at radius 3 is 2.81 bits per heavy atom. The van der Waals surface area contributed by atoms with Crippen LogP contribution in [-0.4, -0.2) is 33.0 Å². The lowest BCUT2D eigenvalue weighted by atomic mass is 10.1. The van der Waals surface area contributed by atoms with E-state index in [2.05, 4.69) is 47.2 Å². The minimum atomic E-state index is -0.141. The molecule has 0 spiro atoms. The second kappa shape index (κ2) is 5.31. The van der Waals surface area contributed by atoms with Gasteiger partial charge in [0.05, 0.1) is 0 Å². The van der Waals surface area contributed by atoms with E-state index in [4.69, 9.17) is 0 Å². The number of hydrogen-bond acceptors (Lipinski definition) is 3. The molecule has 1 aromatic heterocycles. The number of nitrogens with zero attached hydrogens (tertiary/aromatic N) is 3. The van der Waals surface area contributed by atoms with E-state index in [0.29, 0.717) is 12.5 Å². The third kappa shape index (κ3) is 2.96. The van der Waals surface area contributed by atoms with Crippen molar-refractivity contribution in [1.82, 2.24) is 20.1 Å². The number of carbonyl (C=O) groups is 1. The first kappa shape index (κ1) is 13.8. The number of rotatable bonds is 4. The average molecular weight is 284 g/mol. The van der Waals surface area contributed by atoms with Crippen molar-refractivity contribution in [2.75, 3.05) is 7.05 Å². The predicted octanol–water partition coefficient (Wildman–Crippen LogP) is 2.57. The fourth-order valence-corrected chi connectivity index (χ4v) is 2.43. The molecule has 0 aliphatic heterocycles. The first-order valence-corrected chi connectivity index (χ1v) is 7.28. The van der Waals surface area contributed by atoms with Gasteiger partial charge in [0.1, 0.15) is 5.82 Å². The Morgan fingerprint density at radius 2 is 2.14 bits per heavy atom. The zero-order valence-electron chi connectivity index (χ0n) is 12.7. The van der Waals surface area contributed by atoms with Gasteiger partial charge in [-0.25, -0.2) is 4.98 Å². The predicted molar refractivity (Wildman–Crippen MR) is 80.1 cm³/mol. The summed E-state index contributed by atoms with van der Waals surface area (Å²) in [6, 6.07) is 6.27. The summed E-state index contributed by atoms with van der Waals surface area (Å²) in [6.07, 6.45) is 2.28. The van der Waals surface area contributed by atoms with Crippen LogP contribution >= 0.6 is 0 Å². The van der Waals surface area contributed by atoms with Crippen molar-refractivity contribution < 1.29 is 4.79 Å². The molecule has 21 heavy (non-hydrogen) atoms. The number of H-pyrrole nitrogens is 1. The summed E-state index contributed by atoms with van der Waals surface area (Å²) in [4.78, 5) is 18.3. The zero-order chi connectivity index (χ0) is 15.0. The molecule has 0 atom stereocenters. The van der Waals surface area contributed by atoms with Crippen LogP contribution in [0.4, 0.5) is 0 Å². The van der Waals surface area contributed by atoms with Gasteiger partial charge in [-0.15, -0.1) is 5.10 Å². The van der Waals surface area contributed by atoms with Crippen LogP contribution in [-0.2, 0) is 6.54 Å². The number of benzene rings is 1. The van der Waals surface area contributed by atoms with E-state index < -0.39 is 0 Å². The minimum absolute atomic E-state index is 0.141. The van der Waals surface area contributed by atoms with Crippen molar-refractivity contribution in [3.8, 4) is 0 Å². The zero-order valence-corrected chi connectivity index (χ0v) is 12.7. The number of aromatic nitrogens is 3. The topological polar surface area (TPSA) is 61.9 Å². The highest BCUT2D eigenvalue weighted by molar-refractivity contribution is 5.90. The molecule has 5 nitrogen and oxygen atoms in total. The van der Waals surface area contributed by atoms with Crippen LogP contribution < -0.4 is 0 Å². The van der Waals surface area contributed by atoms with Crippen LogP contribution in [0.5, 0.6) is 0 Å². The number of aromatic amines is 1. The molecule has 3 rings (SSSR count). The van der Waals surface area contributed by atoms with Crippen LogP contribution in [0.1, 0.15) is 51.9 Å². The monoisotopic (exact) mass is 284 g/mol. The summed E-state index contributed by atoms with van der Waals surface area (Å²) >= 11 is 0. The summed E-state index contributed by atoms with van der Waals surface area (Å²) in [6.45, 7) is 4.70. The molecule has 2 aromatic rings. The summed E-state index contributed by atoms with van der Waals surface area (Å²) in [5.74, 6) is 1.45. The van der Waals surface area contributed by atoms with Crippen molar-refractivity contribution >= 4 is 5.91 Å². The van der Waals surface area contributed by atoms with E-state index in [1.165, 1.54) is 11.1 Å². The van der Waals surface area contributed by atoms with E-state index in [1.54, 1.807) is 11.9 Å². The fraction of sp³-hybridized carbons (Fsp3) is 0.438. The minimum Gasteiger partial charge on any atom is -0.335 e. The van der Waals surface area contributed by atoms with Crippen LogP contribution in [0.3, 0.4) is 0 Å². The summed E-state index contributed by atoms with van der Waals surface area (Å²) in [5, 5.41) is 6.93. The van der Waals surface area contributed by atoms with E-state index in [-0.39, 0.29) is 11.7 Å². The summed E-state index contributed by atoms with van der Waals surface area (Å²) in [5.41, 5.74) is 3.57. The lowest BCUT2D eigenvalue weighted by Gasteiger charge is -2.17. The third-order valence-corrected chi connectivity index (χ3v) is 3.91. The molecule has 5 heteroatoms. The number of hydrogen-bond donors (Lipinski definition) is 1. The maximum Gasteiger partial charge on any atom is 0.293 e. The summed E-state index contributed by atoms with van der Waals surface area (Å²) < 4.78 is 0. The quantitative estimate of drug-likeness (QED) is 0.938. The van der Waals surface area contributed by atoms with Crippen molar-refractivity contribution in [2.45, 2.75) is 39.2 Å². The molecule has 1 amide bonds. The average Bonchev–Trinajstić information content (AvgIpc) is 3.19. The van der Waals surface area contributed by atoms with Gasteiger partial charge in [0.15, 0.2) is 0 Å². The van der Waals surface area contributed by atoms with Gasteiger partial charge in [-0.1, -0.05) is 23.8 Å². The molecule has 1 N–H and O–H groups in total. The maximum absolute atomic E-state index is 12.4. The number of aryl methyl sites for hydroxylation is 2. The number of nitrogens with one attached hydrogen (secondary N) is 1. The van der Waals surface area contributed by atoms with Gasteiger partial charge in [-0.05, 0) is 37.8 Å². The second-order valence-electron chi connectivity index (χ2n) is 5.91. The van der Waals surface area contributed by atoms with Gasteiger partial charge in [0, 0.05) is 19.5 Å². The van der Waals surface area contributed by atoms with Crippen LogP contribution in [0.25, 0.3) is 0 Å². The van der Waals surface area contributed by atoms with Crippen LogP contribution in [0.15, 0.2) is 18.2 Å². The van der Waals surface area contributed by atoms with E-state index >= 15 is 0 Å². The SMILES string of the molecule is Cc1ccc(CN(C)C(=O)c2n[nH]c(C3CC3)n2)c(C)c1. The van der Waals surface area contributed by atoms with Gasteiger partial charge in [-0.2, -0.15) is 0 Å². The largest absolute Gasteiger partial charge is 0.335 e. The van der Waals surface area contributed by atoms with Crippen molar-refractivity contribution in [1.29, 1.82) is 0 Å². The molecule has 0 radical (unpaired) electrons. The number of carbonyl (C=O) groups excluding carboxylic acids is 1. The van der Waals surface area contributed by atoms with Crippen molar-refractivity contribution in [3.63, 3.8) is 0 Å². The Bertz CT molecular complexity index is 673. The lowest BCUT2D eigenvalue weighted by molar-refractivity contribution is 0.0773. The third-order valence-electron chi connectivity index (χ3n) is 3.91. The standard InChI is InChI=1S/C16H20N4O/c1-10-4-5-13(11(2)8-10)9-20(3)16(21)15-17-14(18-19-15)12-6-7-12/h4-5,8,12H,6-7,9H2,1-3H3,(H,17,18,19). The Morgan fingerprint density at radius 1 is 1.38 bits per heavy atom. The molecule has 110 valence electrons. The molecule has 0 saturated heterocycles. The molecule has 1 aromatic carbocycles. The molecule has 1 heterocycles. The number of amides is 1. The first-order chi connectivity index (χ1) is 10.0. The Labute approximate surface area is 124 Å². The molecule has 1 fully saturated rings. The van der Waals surface area contributed by atoms with E-state index in [1.807, 2.05) is 0 Å². The van der Waals surface area contributed by atoms with Gasteiger partial charge in [0.25, 0.3) is 5.91 Å². The Hall–Kier alpha value is -2.17. The Kier molecular flexibility index (Phi) is 3.49. The second-order valence-corrected chi connectivity index (χ2v) is 5.91. The first-order valence-electron chi connectivity index (χ1n) is 7.28. The molecule has 1 saturated carbocycles. The highest BCUT2D eigenvalue weighted by Crippen LogP contribution is 2.37. The van der Waals surface area contributed by atoms with Gasteiger partial charge in [-0.3, -0.25) is 9.89 Å². The lowest BCUT2D eigenvalue weighted by Crippen LogP contribution is -2.27. The normalized spacial score (nSPS) is 14.2. The molecule has 0 unspecified atom stereocenters. The van der Waals surface area contributed by atoms with Crippen molar-refractivity contribution in [3.05, 3.63) is 46.5 Å². The van der Waals surface area contributed by atoms with Gasteiger partial charge in [0.2, 0.25) is 5.82 Å². The highest BCUT2D eigenvalue weighted by atomic mass is 16.2. The maximum atomic E-state index is 12.4. The van der Waals surface area contributed by atoms with Crippen molar-refractivity contribution in [2.24, 2.45) is 0 Å². The summed E-state index contributed by atoms with van der Waals surface area (Å²) in [7, 11) is 1.79. The fourth-order valence-electron chi connectivity index (χ4n) is 2.43. The van der Waals surface area contributed by atoms with E-state index in [9.17, 15) is 4.79 Å². The molecular weight excluding hydrogens is 264 g/mol.